The number of hydrogen-bond acceptors (Lipinski definition) is 7. The van der Waals surface area contributed by atoms with Crippen molar-refractivity contribution in [2.75, 3.05) is 42.9 Å². The van der Waals surface area contributed by atoms with Gasteiger partial charge in [-0.05, 0) is 68.9 Å². The van der Waals surface area contributed by atoms with Gasteiger partial charge in [0.05, 0.1) is 17.8 Å². The quantitative estimate of drug-likeness (QED) is 0.511. The third-order valence-corrected chi connectivity index (χ3v) is 7.62. The number of pyridine rings is 1. The first kappa shape index (κ1) is 22.9. The summed E-state index contributed by atoms with van der Waals surface area (Å²) in [6, 6.07) is 12.1. The fourth-order valence-electron chi connectivity index (χ4n) is 5.61. The van der Waals surface area contributed by atoms with Crippen LogP contribution >= 0.6 is 0 Å². The van der Waals surface area contributed by atoms with E-state index in [4.69, 9.17) is 9.97 Å². The Morgan fingerprint density at radius 1 is 1.06 bits per heavy atom. The van der Waals surface area contributed by atoms with E-state index in [0.29, 0.717) is 28.9 Å². The number of nitrogens with one attached hydrogen (secondary N) is 3. The van der Waals surface area contributed by atoms with Crippen molar-refractivity contribution in [3.63, 3.8) is 0 Å². The van der Waals surface area contributed by atoms with Crippen LogP contribution in [-0.4, -0.2) is 59.4 Å². The molecule has 36 heavy (non-hydrogen) atoms. The van der Waals surface area contributed by atoms with E-state index in [1.54, 1.807) is 0 Å². The molecule has 3 aromatic rings. The van der Waals surface area contributed by atoms with Crippen LogP contribution in [0.2, 0.25) is 0 Å². The molecule has 0 saturated carbocycles. The molecule has 0 unspecified atom stereocenters. The molecule has 3 aliphatic rings. The zero-order valence-electron chi connectivity index (χ0n) is 20.8. The van der Waals surface area contributed by atoms with E-state index in [1.165, 1.54) is 5.57 Å². The highest BCUT2D eigenvalue weighted by Crippen LogP contribution is 2.30. The van der Waals surface area contributed by atoms with E-state index >= 15 is 0 Å². The maximum absolute atomic E-state index is 13.5. The van der Waals surface area contributed by atoms with E-state index in [0.717, 1.165) is 75.0 Å². The number of hydrogen-bond donors (Lipinski definition) is 3. The van der Waals surface area contributed by atoms with Gasteiger partial charge < -0.3 is 15.5 Å². The lowest BCUT2D eigenvalue weighted by Crippen LogP contribution is -2.40. The summed E-state index contributed by atoms with van der Waals surface area (Å²) in [4.78, 5) is 33.2. The van der Waals surface area contributed by atoms with Gasteiger partial charge in [0.2, 0.25) is 5.95 Å². The molecule has 0 spiro atoms. The Labute approximate surface area is 211 Å². The summed E-state index contributed by atoms with van der Waals surface area (Å²) in [6.07, 6.45) is 6.47. The molecule has 0 amide bonds. The Bertz CT molecular complexity index is 1380. The first-order valence-electron chi connectivity index (χ1n) is 13.1. The fourth-order valence-corrected chi connectivity index (χ4v) is 5.61. The van der Waals surface area contributed by atoms with E-state index in [9.17, 15) is 4.79 Å². The lowest BCUT2D eigenvalue weighted by Gasteiger charge is -2.33. The average Bonchev–Trinajstić information content (AvgIpc) is 3.35. The van der Waals surface area contributed by atoms with E-state index in [1.807, 2.05) is 36.4 Å². The zero-order chi connectivity index (χ0) is 24.5. The van der Waals surface area contributed by atoms with Crippen LogP contribution in [0.15, 0.2) is 57.8 Å². The van der Waals surface area contributed by atoms with Crippen LogP contribution in [0.25, 0.3) is 22.2 Å². The van der Waals surface area contributed by atoms with Crippen LogP contribution in [0.3, 0.4) is 0 Å². The smallest absolute Gasteiger partial charge is 0.263 e. The lowest BCUT2D eigenvalue weighted by atomic mass is 9.89. The summed E-state index contributed by atoms with van der Waals surface area (Å²) in [5.74, 6) is 1.82. The largest absolute Gasteiger partial charge is 0.365 e. The van der Waals surface area contributed by atoms with Gasteiger partial charge in [0.25, 0.3) is 5.56 Å². The Hall–Kier alpha value is -3.52. The molecule has 186 valence electrons. The molecule has 5 heterocycles. The molecule has 8 nitrogen and oxygen atoms in total. The van der Waals surface area contributed by atoms with Gasteiger partial charge in [-0.3, -0.25) is 14.8 Å². The number of benzene rings is 1. The van der Waals surface area contributed by atoms with Crippen molar-refractivity contribution < 1.29 is 0 Å². The van der Waals surface area contributed by atoms with Crippen molar-refractivity contribution in [1.82, 2.24) is 20.3 Å². The Morgan fingerprint density at radius 3 is 2.69 bits per heavy atom. The highest BCUT2D eigenvalue weighted by atomic mass is 16.1. The molecular weight excluding hydrogens is 450 g/mol. The Balaban J connectivity index is 1.31. The molecule has 2 aromatic heterocycles. The number of allylic oxidation sites excluding steroid dienone is 1. The first-order valence-corrected chi connectivity index (χ1v) is 13.1. The monoisotopic (exact) mass is 483 g/mol. The van der Waals surface area contributed by atoms with Gasteiger partial charge >= 0.3 is 0 Å². The number of anilines is 2. The zero-order valence-corrected chi connectivity index (χ0v) is 20.8. The topological polar surface area (TPSA) is 98.3 Å². The third-order valence-electron chi connectivity index (χ3n) is 7.62. The molecule has 3 aliphatic heterocycles. The Morgan fingerprint density at radius 2 is 1.92 bits per heavy atom. The number of aromatic nitrogens is 3. The highest BCUT2D eigenvalue weighted by molar-refractivity contribution is 5.95. The van der Waals surface area contributed by atoms with Gasteiger partial charge in [-0.25, -0.2) is 4.98 Å². The number of rotatable bonds is 5. The number of H-pyrrole nitrogens is 1. The van der Waals surface area contributed by atoms with Crippen molar-refractivity contribution in [2.45, 2.75) is 38.6 Å². The van der Waals surface area contributed by atoms with Crippen molar-refractivity contribution in [3.8, 4) is 11.3 Å². The minimum atomic E-state index is -0.154. The van der Waals surface area contributed by atoms with Crippen molar-refractivity contribution in [2.24, 2.45) is 10.9 Å². The van der Waals surface area contributed by atoms with Crippen LogP contribution in [0.1, 0.15) is 32.6 Å². The number of fused-ring (bicyclic) bond motifs is 1. The lowest BCUT2D eigenvalue weighted by molar-refractivity contribution is 0.451. The predicted octanol–water partition coefficient (Wildman–Crippen LogP) is 3.77. The number of aromatic amines is 1. The molecule has 1 atom stereocenters. The number of piperidine rings is 2. The minimum absolute atomic E-state index is 0.154. The molecule has 1 aromatic carbocycles. The van der Waals surface area contributed by atoms with Gasteiger partial charge in [0.15, 0.2) is 0 Å². The summed E-state index contributed by atoms with van der Waals surface area (Å²) in [5.41, 5.74) is 4.43. The predicted molar refractivity (Wildman–Crippen MR) is 146 cm³/mol. The second kappa shape index (κ2) is 9.85. The maximum Gasteiger partial charge on any atom is 0.263 e. The van der Waals surface area contributed by atoms with Crippen LogP contribution in [-0.2, 0) is 0 Å². The number of aliphatic imine (C=N–C) groups is 1. The van der Waals surface area contributed by atoms with Crippen LogP contribution in [0.5, 0.6) is 0 Å². The fraction of sp³-hybridized carbons (Fsp3) is 0.429. The maximum atomic E-state index is 13.5. The molecule has 6 rings (SSSR count). The molecule has 2 saturated heterocycles. The van der Waals surface area contributed by atoms with Gasteiger partial charge in [0.1, 0.15) is 11.4 Å². The molecule has 0 radical (unpaired) electrons. The van der Waals surface area contributed by atoms with Gasteiger partial charge in [0, 0.05) is 36.8 Å². The summed E-state index contributed by atoms with van der Waals surface area (Å²) in [6.45, 7) is 6.52. The average molecular weight is 484 g/mol. The van der Waals surface area contributed by atoms with Crippen LogP contribution < -0.4 is 21.1 Å². The standard InChI is InChI=1S/C28H33N7O/c1-18-15-21(16-30-18)19-10-13-35(14-11-19)28-33-26(31-22-6-4-12-29-17-22)25(27(36)34-28)24-9-8-20-5-2-3-7-23(20)32-24/h2-3,5,7-9,15,19,22,29H,4,6,10-14,16-17H2,1H3,(H2,31,33,34,36)/t22-/m1/s1. The van der Waals surface area contributed by atoms with E-state index < -0.39 is 0 Å². The second-order valence-corrected chi connectivity index (χ2v) is 10.1. The second-order valence-electron chi connectivity index (χ2n) is 10.1. The van der Waals surface area contributed by atoms with E-state index in [-0.39, 0.29) is 11.6 Å². The molecular formula is C28H33N7O. The van der Waals surface area contributed by atoms with Crippen molar-refractivity contribution in [1.29, 1.82) is 0 Å². The van der Waals surface area contributed by atoms with Crippen molar-refractivity contribution in [3.05, 3.63) is 58.4 Å². The molecule has 8 heteroatoms. The van der Waals surface area contributed by atoms with Crippen LogP contribution in [0.4, 0.5) is 11.8 Å². The SMILES string of the molecule is CC1=NCC(C2CCN(c3nc(N[C@@H]4CCCNC4)c(-c4ccc5ccccc5n4)c(=O)[nH]3)CC2)=C1. The first-order chi connectivity index (χ1) is 17.6. The summed E-state index contributed by atoms with van der Waals surface area (Å²) < 4.78 is 0. The van der Waals surface area contributed by atoms with Gasteiger partial charge in [-0.2, -0.15) is 4.98 Å². The van der Waals surface area contributed by atoms with Crippen molar-refractivity contribution >= 4 is 28.4 Å². The Kier molecular flexibility index (Phi) is 6.27. The molecule has 2 fully saturated rings. The van der Waals surface area contributed by atoms with Gasteiger partial charge in [-0.15, -0.1) is 0 Å². The van der Waals surface area contributed by atoms with E-state index in [2.05, 4.69) is 38.5 Å². The summed E-state index contributed by atoms with van der Waals surface area (Å²) >= 11 is 0. The van der Waals surface area contributed by atoms with Gasteiger partial charge in [-0.1, -0.05) is 24.3 Å². The highest BCUT2D eigenvalue weighted by Gasteiger charge is 2.27. The summed E-state index contributed by atoms with van der Waals surface area (Å²) in [5, 5.41) is 8.09. The number of nitrogens with zero attached hydrogens (tertiary/aromatic N) is 4. The van der Waals surface area contributed by atoms with Crippen LogP contribution in [0, 0.1) is 5.92 Å². The molecule has 3 N–H and O–H groups in total. The minimum Gasteiger partial charge on any atom is -0.365 e. The summed E-state index contributed by atoms with van der Waals surface area (Å²) in [7, 11) is 0. The number of para-hydroxylation sites is 1. The molecule has 0 bridgehead atoms. The third kappa shape index (κ3) is 4.65. The normalized spacial score (nSPS) is 20.9. The molecule has 0 aliphatic carbocycles.